The van der Waals surface area contributed by atoms with Gasteiger partial charge in [0.25, 0.3) is 0 Å². The summed E-state index contributed by atoms with van der Waals surface area (Å²) in [4.78, 5) is 23.7. The van der Waals surface area contributed by atoms with E-state index in [-0.39, 0.29) is 13.2 Å². The number of aryl methyl sites for hydroxylation is 2. The van der Waals surface area contributed by atoms with Gasteiger partial charge in [-0.05, 0) is 39.3 Å². The highest BCUT2D eigenvalue weighted by atomic mass is 16.6. The third kappa shape index (κ3) is 4.26. The first-order chi connectivity index (χ1) is 9.49. The molecule has 5 nitrogen and oxygen atoms in total. The third-order valence-corrected chi connectivity index (χ3v) is 2.73. The van der Waals surface area contributed by atoms with Crippen LogP contribution in [0.15, 0.2) is 18.2 Å². The van der Waals surface area contributed by atoms with Gasteiger partial charge in [-0.2, -0.15) is 0 Å². The number of hydrogen-bond donors (Lipinski definition) is 1. The van der Waals surface area contributed by atoms with E-state index < -0.39 is 18.0 Å². The Labute approximate surface area is 119 Å². The number of rotatable bonds is 6. The predicted octanol–water partition coefficient (Wildman–Crippen LogP) is 2.21. The van der Waals surface area contributed by atoms with Crippen LogP contribution in [-0.2, 0) is 19.1 Å². The van der Waals surface area contributed by atoms with Crippen LogP contribution in [0.4, 0.5) is 5.69 Å². The SMILES string of the molecule is CCOC(=O)C(Nc1ccc(C)cc1C)C(=O)OCC. The predicted molar refractivity (Wildman–Crippen MR) is 76.6 cm³/mol. The molecule has 0 fully saturated rings. The van der Waals surface area contributed by atoms with Gasteiger partial charge in [-0.15, -0.1) is 0 Å². The Morgan fingerprint density at radius 2 is 1.65 bits per heavy atom. The van der Waals surface area contributed by atoms with Gasteiger partial charge in [0.05, 0.1) is 13.2 Å². The summed E-state index contributed by atoms with van der Waals surface area (Å²) in [5.74, 6) is -1.27. The first-order valence-corrected chi connectivity index (χ1v) is 6.66. The molecule has 110 valence electrons. The highest BCUT2D eigenvalue weighted by molar-refractivity contribution is 6.02. The monoisotopic (exact) mass is 279 g/mol. The van der Waals surface area contributed by atoms with Crippen LogP contribution in [0.5, 0.6) is 0 Å². The van der Waals surface area contributed by atoms with Crippen LogP contribution in [0, 0.1) is 13.8 Å². The maximum atomic E-state index is 11.9. The minimum atomic E-state index is -1.14. The zero-order valence-corrected chi connectivity index (χ0v) is 12.4. The Hall–Kier alpha value is -2.04. The second-order valence-electron chi connectivity index (χ2n) is 4.40. The normalized spacial score (nSPS) is 10.2. The van der Waals surface area contributed by atoms with Crippen molar-refractivity contribution in [3.8, 4) is 0 Å². The maximum absolute atomic E-state index is 11.9. The Bertz CT molecular complexity index is 467. The summed E-state index contributed by atoms with van der Waals surface area (Å²) in [6, 6.07) is 4.56. The second-order valence-corrected chi connectivity index (χ2v) is 4.40. The minimum absolute atomic E-state index is 0.212. The van der Waals surface area contributed by atoms with Gasteiger partial charge in [-0.25, -0.2) is 9.59 Å². The molecule has 0 aromatic heterocycles. The molecule has 0 spiro atoms. The largest absolute Gasteiger partial charge is 0.464 e. The fourth-order valence-corrected chi connectivity index (χ4v) is 1.80. The topological polar surface area (TPSA) is 64.6 Å². The summed E-state index contributed by atoms with van der Waals surface area (Å²) in [6.07, 6.45) is 0. The van der Waals surface area contributed by atoms with Crippen molar-refractivity contribution >= 4 is 17.6 Å². The molecule has 5 heteroatoms. The van der Waals surface area contributed by atoms with Gasteiger partial charge in [0.15, 0.2) is 0 Å². The molecule has 1 aromatic rings. The molecule has 0 saturated heterocycles. The van der Waals surface area contributed by atoms with Crippen molar-refractivity contribution in [1.82, 2.24) is 0 Å². The van der Waals surface area contributed by atoms with Crippen molar-refractivity contribution in [3.05, 3.63) is 29.3 Å². The third-order valence-electron chi connectivity index (χ3n) is 2.73. The lowest BCUT2D eigenvalue weighted by atomic mass is 10.1. The Morgan fingerprint density at radius 3 is 2.10 bits per heavy atom. The number of carbonyl (C=O) groups excluding carboxylic acids is 2. The lowest BCUT2D eigenvalue weighted by Gasteiger charge is -2.18. The van der Waals surface area contributed by atoms with Crippen molar-refractivity contribution < 1.29 is 19.1 Å². The fraction of sp³-hybridized carbons (Fsp3) is 0.467. The molecule has 0 unspecified atom stereocenters. The molecule has 0 radical (unpaired) electrons. The van der Waals surface area contributed by atoms with Gasteiger partial charge in [-0.1, -0.05) is 17.7 Å². The molecule has 0 aliphatic heterocycles. The molecule has 0 bridgehead atoms. The quantitative estimate of drug-likeness (QED) is 0.639. The van der Waals surface area contributed by atoms with E-state index in [9.17, 15) is 9.59 Å². The van der Waals surface area contributed by atoms with Gasteiger partial charge in [0.2, 0.25) is 6.04 Å². The zero-order chi connectivity index (χ0) is 15.1. The first kappa shape index (κ1) is 16.0. The smallest absolute Gasteiger partial charge is 0.340 e. The minimum Gasteiger partial charge on any atom is -0.464 e. The van der Waals surface area contributed by atoms with E-state index in [1.165, 1.54) is 0 Å². The van der Waals surface area contributed by atoms with E-state index in [1.807, 2.05) is 32.0 Å². The summed E-state index contributed by atoms with van der Waals surface area (Å²) in [7, 11) is 0. The van der Waals surface area contributed by atoms with Crippen LogP contribution in [0.2, 0.25) is 0 Å². The van der Waals surface area contributed by atoms with Crippen LogP contribution in [-0.4, -0.2) is 31.2 Å². The van der Waals surface area contributed by atoms with Crippen LogP contribution in [0.3, 0.4) is 0 Å². The molecule has 0 aliphatic carbocycles. The standard InChI is InChI=1S/C15H21NO4/c1-5-19-14(17)13(15(18)20-6-2)16-12-8-7-10(3)9-11(12)4/h7-9,13,16H,5-6H2,1-4H3. The number of hydrogen-bond acceptors (Lipinski definition) is 5. The van der Waals surface area contributed by atoms with Crippen molar-refractivity contribution in [1.29, 1.82) is 0 Å². The van der Waals surface area contributed by atoms with Crippen LogP contribution >= 0.6 is 0 Å². The van der Waals surface area contributed by atoms with E-state index >= 15 is 0 Å². The maximum Gasteiger partial charge on any atom is 0.340 e. The summed E-state index contributed by atoms with van der Waals surface area (Å²) >= 11 is 0. The summed E-state index contributed by atoms with van der Waals surface area (Å²) in [5.41, 5.74) is 2.77. The molecular weight excluding hydrogens is 258 g/mol. The van der Waals surface area contributed by atoms with E-state index in [4.69, 9.17) is 9.47 Å². The Kier molecular flexibility index (Phi) is 6.03. The number of nitrogens with one attached hydrogen (secondary N) is 1. The van der Waals surface area contributed by atoms with Crippen molar-refractivity contribution in [3.63, 3.8) is 0 Å². The van der Waals surface area contributed by atoms with Crippen molar-refractivity contribution in [2.45, 2.75) is 33.7 Å². The van der Waals surface area contributed by atoms with E-state index in [1.54, 1.807) is 13.8 Å². The fourth-order valence-electron chi connectivity index (χ4n) is 1.80. The first-order valence-electron chi connectivity index (χ1n) is 6.66. The van der Waals surface area contributed by atoms with Gasteiger partial charge in [0.1, 0.15) is 0 Å². The molecule has 0 aliphatic rings. The van der Waals surface area contributed by atoms with Gasteiger partial charge in [0, 0.05) is 5.69 Å². The molecule has 0 saturated carbocycles. The molecule has 0 atom stereocenters. The van der Waals surface area contributed by atoms with Crippen molar-refractivity contribution in [2.75, 3.05) is 18.5 Å². The molecule has 1 rings (SSSR count). The molecule has 20 heavy (non-hydrogen) atoms. The average Bonchev–Trinajstić information content (AvgIpc) is 2.38. The zero-order valence-electron chi connectivity index (χ0n) is 12.4. The summed E-state index contributed by atoms with van der Waals surface area (Å²) in [6.45, 7) is 7.69. The van der Waals surface area contributed by atoms with Gasteiger partial charge in [-0.3, -0.25) is 0 Å². The van der Waals surface area contributed by atoms with Gasteiger partial charge < -0.3 is 14.8 Å². The summed E-state index contributed by atoms with van der Waals surface area (Å²) < 4.78 is 9.81. The highest BCUT2D eigenvalue weighted by Gasteiger charge is 2.29. The highest BCUT2D eigenvalue weighted by Crippen LogP contribution is 2.17. The number of esters is 2. The molecule has 0 amide bonds. The second kappa shape index (κ2) is 7.53. The molecule has 1 N–H and O–H groups in total. The number of anilines is 1. The molecular formula is C15H21NO4. The molecule has 1 aromatic carbocycles. The Balaban J connectivity index is 2.93. The summed E-state index contributed by atoms with van der Waals surface area (Å²) in [5, 5.41) is 2.89. The van der Waals surface area contributed by atoms with Gasteiger partial charge >= 0.3 is 11.9 Å². The lowest BCUT2D eigenvalue weighted by molar-refractivity contribution is -0.155. The van der Waals surface area contributed by atoms with Crippen molar-refractivity contribution in [2.24, 2.45) is 0 Å². The van der Waals surface area contributed by atoms with E-state index in [0.29, 0.717) is 5.69 Å². The average molecular weight is 279 g/mol. The number of ether oxygens (including phenoxy) is 2. The van der Waals surface area contributed by atoms with Crippen LogP contribution in [0.25, 0.3) is 0 Å². The van der Waals surface area contributed by atoms with E-state index in [2.05, 4.69) is 5.32 Å². The van der Waals surface area contributed by atoms with E-state index in [0.717, 1.165) is 11.1 Å². The van der Waals surface area contributed by atoms with Crippen LogP contribution in [0.1, 0.15) is 25.0 Å². The lowest BCUT2D eigenvalue weighted by Crippen LogP contribution is -2.40. The number of carbonyl (C=O) groups is 2. The Morgan fingerprint density at radius 1 is 1.10 bits per heavy atom. The number of benzene rings is 1. The van der Waals surface area contributed by atoms with Crippen LogP contribution < -0.4 is 5.32 Å². The molecule has 0 heterocycles.